The van der Waals surface area contributed by atoms with Crippen molar-refractivity contribution in [1.82, 2.24) is 0 Å². The van der Waals surface area contributed by atoms with Gasteiger partial charge in [0.2, 0.25) is 0 Å². The van der Waals surface area contributed by atoms with Gasteiger partial charge in [-0.2, -0.15) is 0 Å². The normalized spacial score (nSPS) is 20.2. The summed E-state index contributed by atoms with van der Waals surface area (Å²) in [4.78, 5) is 0. The van der Waals surface area contributed by atoms with Crippen LogP contribution in [0.1, 0.15) is 75.3 Å². The molecule has 0 radical (unpaired) electrons. The molecule has 126 valence electrons. The molecule has 2 aliphatic carbocycles. The molecule has 0 bridgehead atoms. The minimum absolute atomic E-state index is 0.632. The van der Waals surface area contributed by atoms with Crippen molar-refractivity contribution in [2.45, 2.75) is 83.2 Å². The number of hydrogen-bond donors (Lipinski definition) is 2. The number of benzene rings is 1. The highest BCUT2D eigenvalue weighted by Gasteiger charge is 2.17. The summed E-state index contributed by atoms with van der Waals surface area (Å²) in [6.07, 6.45) is 15.5. The quantitative estimate of drug-likeness (QED) is 0.683. The molecule has 1 aromatic rings. The maximum Gasteiger partial charge on any atom is 0.0436 e. The molecule has 0 unspecified atom stereocenters. The van der Waals surface area contributed by atoms with E-state index in [0.717, 1.165) is 0 Å². The standard InChI is InChI=1S/C21H32N2/c1-3-17-14-16(2)20(22-18-10-6-4-7-11-18)15-21(17)23-19-12-8-5-9-13-19/h3,14-15,18-19,22-23H,1,4-13H2,2H3. The Morgan fingerprint density at radius 3 is 1.87 bits per heavy atom. The lowest BCUT2D eigenvalue weighted by molar-refractivity contribution is 0.461. The Morgan fingerprint density at radius 1 is 0.826 bits per heavy atom. The van der Waals surface area contributed by atoms with Crippen molar-refractivity contribution in [2.24, 2.45) is 0 Å². The van der Waals surface area contributed by atoms with Gasteiger partial charge in [0.05, 0.1) is 0 Å². The van der Waals surface area contributed by atoms with Crippen LogP contribution in [0, 0.1) is 6.92 Å². The second-order valence-electron chi connectivity index (χ2n) is 7.42. The molecule has 0 aliphatic heterocycles. The van der Waals surface area contributed by atoms with E-state index in [2.05, 4.69) is 36.3 Å². The van der Waals surface area contributed by atoms with E-state index in [0.29, 0.717) is 12.1 Å². The number of anilines is 2. The first-order valence-corrected chi connectivity index (χ1v) is 9.56. The monoisotopic (exact) mass is 312 g/mol. The summed E-state index contributed by atoms with van der Waals surface area (Å²) in [7, 11) is 0. The van der Waals surface area contributed by atoms with Gasteiger partial charge in [-0.1, -0.05) is 51.2 Å². The van der Waals surface area contributed by atoms with Gasteiger partial charge in [0, 0.05) is 23.5 Å². The maximum absolute atomic E-state index is 4.01. The van der Waals surface area contributed by atoms with E-state index in [4.69, 9.17) is 0 Å². The Balaban J connectivity index is 1.76. The van der Waals surface area contributed by atoms with Crippen LogP contribution < -0.4 is 10.6 Å². The third-order valence-electron chi connectivity index (χ3n) is 5.55. The zero-order valence-corrected chi connectivity index (χ0v) is 14.7. The predicted octanol–water partition coefficient (Wildman–Crippen LogP) is 6.13. The molecule has 0 atom stereocenters. The Hall–Kier alpha value is -1.44. The van der Waals surface area contributed by atoms with Crippen molar-refractivity contribution in [3.63, 3.8) is 0 Å². The summed E-state index contributed by atoms with van der Waals surface area (Å²) in [6, 6.07) is 5.89. The summed E-state index contributed by atoms with van der Waals surface area (Å²) in [5.74, 6) is 0. The molecule has 0 saturated heterocycles. The van der Waals surface area contributed by atoms with E-state index < -0.39 is 0 Å². The van der Waals surface area contributed by atoms with Crippen LogP contribution in [-0.2, 0) is 0 Å². The highest BCUT2D eigenvalue weighted by atomic mass is 14.9. The van der Waals surface area contributed by atoms with E-state index in [1.165, 1.54) is 86.7 Å². The molecule has 0 spiro atoms. The average Bonchev–Trinajstić information content (AvgIpc) is 2.59. The second-order valence-corrected chi connectivity index (χ2v) is 7.42. The van der Waals surface area contributed by atoms with Crippen LogP contribution in [0.3, 0.4) is 0 Å². The summed E-state index contributed by atoms with van der Waals surface area (Å²) >= 11 is 0. The van der Waals surface area contributed by atoms with Gasteiger partial charge in [-0.25, -0.2) is 0 Å². The van der Waals surface area contributed by atoms with E-state index >= 15 is 0 Å². The lowest BCUT2D eigenvalue weighted by Crippen LogP contribution is -2.24. The van der Waals surface area contributed by atoms with E-state index in [-0.39, 0.29) is 0 Å². The number of aryl methyl sites for hydroxylation is 1. The van der Waals surface area contributed by atoms with Crippen molar-refractivity contribution in [2.75, 3.05) is 10.6 Å². The fraction of sp³-hybridized carbons (Fsp3) is 0.619. The third kappa shape index (κ3) is 4.31. The minimum Gasteiger partial charge on any atom is -0.382 e. The molecule has 2 heteroatoms. The molecule has 0 amide bonds. The van der Waals surface area contributed by atoms with Gasteiger partial charge in [0.25, 0.3) is 0 Å². The van der Waals surface area contributed by atoms with Gasteiger partial charge < -0.3 is 10.6 Å². The van der Waals surface area contributed by atoms with Crippen LogP contribution in [-0.4, -0.2) is 12.1 Å². The minimum atomic E-state index is 0.632. The summed E-state index contributed by atoms with van der Waals surface area (Å²) in [5, 5.41) is 7.60. The Labute approximate surface area is 141 Å². The van der Waals surface area contributed by atoms with Crippen molar-refractivity contribution in [1.29, 1.82) is 0 Å². The van der Waals surface area contributed by atoms with Crippen molar-refractivity contribution in [3.8, 4) is 0 Å². The molecule has 1 aromatic carbocycles. The first-order chi connectivity index (χ1) is 11.3. The molecule has 2 saturated carbocycles. The molecule has 0 heterocycles. The molecule has 3 rings (SSSR count). The molecule has 2 nitrogen and oxygen atoms in total. The van der Waals surface area contributed by atoms with Gasteiger partial charge in [-0.3, -0.25) is 0 Å². The molecule has 2 aliphatic rings. The van der Waals surface area contributed by atoms with Gasteiger partial charge in [-0.15, -0.1) is 0 Å². The summed E-state index contributed by atoms with van der Waals surface area (Å²) in [6.45, 7) is 6.22. The highest BCUT2D eigenvalue weighted by molar-refractivity contribution is 5.73. The van der Waals surface area contributed by atoms with Crippen LogP contribution in [0.5, 0.6) is 0 Å². The first-order valence-electron chi connectivity index (χ1n) is 9.56. The lowest BCUT2D eigenvalue weighted by atomic mass is 9.94. The smallest absolute Gasteiger partial charge is 0.0436 e. The van der Waals surface area contributed by atoms with Crippen LogP contribution in [0.4, 0.5) is 11.4 Å². The molecular weight excluding hydrogens is 280 g/mol. The molecular formula is C21H32N2. The summed E-state index contributed by atoms with van der Waals surface area (Å²) in [5.41, 5.74) is 5.14. The lowest BCUT2D eigenvalue weighted by Gasteiger charge is -2.28. The Kier molecular flexibility index (Phi) is 5.64. The molecule has 2 fully saturated rings. The van der Waals surface area contributed by atoms with E-state index in [9.17, 15) is 0 Å². The number of hydrogen-bond acceptors (Lipinski definition) is 2. The highest BCUT2D eigenvalue weighted by Crippen LogP contribution is 2.31. The van der Waals surface area contributed by atoms with Gasteiger partial charge >= 0.3 is 0 Å². The van der Waals surface area contributed by atoms with E-state index in [1.807, 2.05) is 6.08 Å². The molecule has 0 aromatic heterocycles. The largest absolute Gasteiger partial charge is 0.382 e. The fourth-order valence-electron chi connectivity index (χ4n) is 4.11. The zero-order valence-electron chi connectivity index (χ0n) is 14.7. The van der Waals surface area contributed by atoms with Crippen LogP contribution >= 0.6 is 0 Å². The topological polar surface area (TPSA) is 24.1 Å². The average molecular weight is 313 g/mol. The third-order valence-corrected chi connectivity index (χ3v) is 5.55. The number of rotatable bonds is 5. The molecule has 2 N–H and O–H groups in total. The Bertz CT molecular complexity index is 523. The fourth-order valence-corrected chi connectivity index (χ4v) is 4.11. The second kappa shape index (κ2) is 7.90. The van der Waals surface area contributed by atoms with Gasteiger partial charge in [0.1, 0.15) is 0 Å². The van der Waals surface area contributed by atoms with Crippen LogP contribution in [0.2, 0.25) is 0 Å². The predicted molar refractivity (Wildman–Crippen MR) is 102 cm³/mol. The van der Waals surface area contributed by atoms with Crippen molar-refractivity contribution < 1.29 is 0 Å². The van der Waals surface area contributed by atoms with Gasteiger partial charge in [-0.05, 0) is 55.9 Å². The van der Waals surface area contributed by atoms with Crippen molar-refractivity contribution >= 4 is 17.5 Å². The molecule has 23 heavy (non-hydrogen) atoms. The van der Waals surface area contributed by atoms with Crippen LogP contribution in [0.15, 0.2) is 18.7 Å². The Morgan fingerprint density at radius 2 is 1.35 bits per heavy atom. The maximum atomic E-state index is 4.01. The van der Waals surface area contributed by atoms with Crippen LogP contribution in [0.25, 0.3) is 6.08 Å². The summed E-state index contributed by atoms with van der Waals surface area (Å²) < 4.78 is 0. The van der Waals surface area contributed by atoms with Gasteiger partial charge in [0.15, 0.2) is 0 Å². The number of nitrogens with one attached hydrogen (secondary N) is 2. The van der Waals surface area contributed by atoms with E-state index in [1.54, 1.807) is 0 Å². The zero-order chi connectivity index (χ0) is 16.1. The SMILES string of the molecule is C=Cc1cc(C)c(NC2CCCCC2)cc1NC1CCCCC1. The first kappa shape index (κ1) is 16.4. The van der Waals surface area contributed by atoms with Crippen molar-refractivity contribution in [3.05, 3.63) is 29.8 Å².